The van der Waals surface area contributed by atoms with Gasteiger partial charge in [-0.25, -0.2) is 0 Å². The summed E-state index contributed by atoms with van der Waals surface area (Å²) in [6.07, 6.45) is 0. The van der Waals surface area contributed by atoms with Crippen LogP contribution in [0.5, 0.6) is 0 Å². The molecule has 2 rings (SSSR count). The van der Waals surface area contributed by atoms with Gasteiger partial charge in [0.1, 0.15) is 0 Å². The van der Waals surface area contributed by atoms with Crippen molar-refractivity contribution < 1.29 is 9.72 Å². The molecule has 1 aromatic heterocycles. The third-order valence-electron chi connectivity index (χ3n) is 3.09. The van der Waals surface area contributed by atoms with Gasteiger partial charge in [0.05, 0.1) is 4.92 Å². The van der Waals surface area contributed by atoms with E-state index in [1.807, 2.05) is 13.0 Å². The molecule has 21 heavy (non-hydrogen) atoms. The number of amides is 1. The Kier molecular flexibility index (Phi) is 4.54. The van der Waals surface area contributed by atoms with Crippen LogP contribution in [0.2, 0.25) is 0 Å². The van der Waals surface area contributed by atoms with Crippen molar-refractivity contribution in [1.29, 1.82) is 0 Å². The summed E-state index contributed by atoms with van der Waals surface area (Å²) in [7, 11) is 1.59. The first-order chi connectivity index (χ1) is 10.0. The molecular weight excluding hydrogens is 290 g/mol. The molecule has 0 saturated heterocycles. The summed E-state index contributed by atoms with van der Waals surface area (Å²) in [5, 5.41) is 16.6. The summed E-state index contributed by atoms with van der Waals surface area (Å²) >= 11 is 1.14. The molecule has 0 radical (unpaired) electrons. The fourth-order valence-electron chi connectivity index (χ4n) is 1.95. The van der Waals surface area contributed by atoms with Crippen LogP contribution in [-0.4, -0.2) is 17.9 Å². The molecule has 0 fully saturated rings. The smallest absolute Gasteiger partial charge is 0.324 e. The summed E-state index contributed by atoms with van der Waals surface area (Å²) in [5.74, 6) is -0.136. The molecule has 0 atom stereocenters. The molecular formula is C14H15N3O3S. The van der Waals surface area contributed by atoms with Crippen molar-refractivity contribution in [3.63, 3.8) is 0 Å². The van der Waals surface area contributed by atoms with Crippen molar-refractivity contribution in [3.8, 4) is 0 Å². The van der Waals surface area contributed by atoms with E-state index in [2.05, 4.69) is 10.6 Å². The Balaban J connectivity index is 2.12. The molecule has 0 bridgehead atoms. The van der Waals surface area contributed by atoms with E-state index < -0.39 is 4.92 Å². The predicted octanol–water partition coefficient (Wildman–Crippen LogP) is 2.94. The molecule has 1 amide bonds. The van der Waals surface area contributed by atoms with Gasteiger partial charge < -0.3 is 10.6 Å². The summed E-state index contributed by atoms with van der Waals surface area (Å²) in [5.41, 5.74) is 2.30. The Morgan fingerprint density at radius 2 is 2.10 bits per heavy atom. The summed E-state index contributed by atoms with van der Waals surface area (Å²) in [6.45, 7) is 2.35. The topological polar surface area (TPSA) is 84.3 Å². The lowest BCUT2D eigenvalue weighted by molar-refractivity contribution is -0.380. The molecule has 0 saturated carbocycles. The highest BCUT2D eigenvalue weighted by Gasteiger charge is 2.12. The molecule has 7 heteroatoms. The van der Waals surface area contributed by atoms with Gasteiger partial charge in [-0.15, -0.1) is 0 Å². The number of nitrogens with zero attached hydrogens (tertiary/aromatic N) is 1. The minimum absolute atomic E-state index is 0.127. The van der Waals surface area contributed by atoms with E-state index in [-0.39, 0.29) is 10.9 Å². The molecule has 2 aromatic rings. The van der Waals surface area contributed by atoms with Crippen molar-refractivity contribution in [2.24, 2.45) is 0 Å². The van der Waals surface area contributed by atoms with Crippen LogP contribution in [0.15, 0.2) is 30.3 Å². The second kappa shape index (κ2) is 6.36. The van der Waals surface area contributed by atoms with Gasteiger partial charge in [-0.1, -0.05) is 17.4 Å². The predicted molar refractivity (Wildman–Crippen MR) is 82.9 cm³/mol. The van der Waals surface area contributed by atoms with Gasteiger partial charge in [-0.3, -0.25) is 14.9 Å². The van der Waals surface area contributed by atoms with E-state index in [4.69, 9.17) is 0 Å². The fraction of sp³-hybridized carbons (Fsp3) is 0.214. The zero-order chi connectivity index (χ0) is 15.4. The number of hydrogen-bond donors (Lipinski definition) is 2. The molecule has 0 aliphatic carbocycles. The Labute approximate surface area is 126 Å². The Bertz CT molecular complexity index is 682. The van der Waals surface area contributed by atoms with Crippen molar-refractivity contribution >= 4 is 27.9 Å². The maximum Gasteiger partial charge on any atom is 0.324 e. The van der Waals surface area contributed by atoms with E-state index in [1.54, 1.807) is 25.2 Å². The molecule has 6 nitrogen and oxygen atoms in total. The quantitative estimate of drug-likeness (QED) is 0.657. The lowest BCUT2D eigenvalue weighted by atomic mass is 10.1. The van der Waals surface area contributed by atoms with Crippen LogP contribution < -0.4 is 10.6 Å². The number of rotatable bonds is 5. The Hall–Kier alpha value is -2.41. The molecule has 0 aliphatic heterocycles. The van der Waals surface area contributed by atoms with Crippen molar-refractivity contribution in [2.45, 2.75) is 13.5 Å². The number of nitrogens with one attached hydrogen (secondary N) is 2. The normalized spacial score (nSPS) is 10.2. The molecule has 110 valence electrons. The van der Waals surface area contributed by atoms with Crippen molar-refractivity contribution in [2.75, 3.05) is 12.4 Å². The molecule has 0 unspecified atom stereocenters. The second-order valence-corrected chi connectivity index (χ2v) is 5.55. The number of carbonyl (C=O) groups is 1. The highest BCUT2D eigenvalue weighted by molar-refractivity contribution is 7.15. The average Bonchev–Trinajstić information content (AvgIpc) is 2.94. The fourth-order valence-corrected chi connectivity index (χ4v) is 2.71. The van der Waals surface area contributed by atoms with E-state index in [9.17, 15) is 14.9 Å². The first kappa shape index (κ1) is 15.0. The van der Waals surface area contributed by atoms with E-state index in [0.717, 1.165) is 27.5 Å². The standard InChI is InChI=1S/C14H15N3O3S/c1-9-11(14(18)15-2)4-3-5-12(9)16-8-10-6-7-13(21-10)17(19)20/h3-7,16H,8H2,1-2H3,(H,15,18). The van der Waals surface area contributed by atoms with Gasteiger partial charge in [0.25, 0.3) is 5.91 Å². The largest absolute Gasteiger partial charge is 0.380 e. The minimum atomic E-state index is -0.397. The van der Waals surface area contributed by atoms with Gasteiger partial charge in [0.15, 0.2) is 0 Å². The maximum atomic E-state index is 11.7. The van der Waals surface area contributed by atoms with Crippen LogP contribution in [0.4, 0.5) is 10.7 Å². The maximum absolute atomic E-state index is 11.7. The van der Waals surface area contributed by atoms with Crippen molar-refractivity contribution in [3.05, 3.63) is 56.5 Å². The van der Waals surface area contributed by atoms with Crippen LogP contribution in [-0.2, 0) is 6.54 Å². The molecule has 0 aliphatic rings. The first-order valence-corrected chi connectivity index (χ1v) is 7.13. The van der Waals surface area contributed by atoms with Gasteiger partial charge in [-0.05, 0) is 30.7 Å². The summed E-state index contributed by atoms with van der Waals surface area (Å²) < 4.78 is 0. The number of nitro groups is 1. The molecule has 1 aromatic carbocycles. The number of carbonyl (C=O) groups excluding carboxylic acids is 1. The third kappa shape index (κ3) is 3.38. The third-order valence-corrected chi connectivity index (χ3v) is 4.12. The highest BCUT2D eigenvalue weighted by Crippen LogP contribution is 2.25. The van der Waals surface area contributed by atoms with E-state index in [1.165, 1.54) is 6.07 Å². The van der Waals surface area contributed by atoms with Gasteiger partial charge in [0, 0.05) is 35.8 Å². The molecule has 2 N–H and O–H groups in total. The number of hydrogen-bond acceptors (Lipinski definition) is 5. The van der Waals surface area contributed by atoms with Crippen molar-refractivity contribution in [1.82, 2.24) is 5.32 Å². The Morgan fingerprint density at radius 3 is 2.71 bits per heavy atom. The summed E-state index contributed by atoms with van der Waals surface area (Å²) in [4.78, 5) is 22.8. The Morgan fingerprint density at radius 1 is 1.33 bits per heavy atom. The van der Waals surface area contributed by atoms with Gasteiger partial charge in [-0.2, -0.15) is 0 Å². The van der Waals surface area contributed by atoms with Crippen LogP contribution in [0, 0.1) is 17.0 Å². The SMILES string of the molecule is CNC(=O)c1cccc(NCc2ccc([N+](=O)[O-])s2)c1C. The van der Waals surface area contributed by atoms with Crippen LogP contribution in [0.1, 0.15) is 20.8 Å². The zero-order valence-corrected chi connectivity index (χ0v) is 12.5. The lowest BCUT2D eigenvalue weighted by Gasteiger charge is -2.11. The molecule has 1 heterocycles. The summed E-state index contributed by atoms with van der Waals surface area (Å²) in [6, 6.07) is 8.67. The zero-order valence-electron chi connectivity index (χ0n) is 11.7. The van der Waals surface area contributed by atoms with Crippen LogP contribution in [0.25, 0.3) is 0 Å². The first-order valence-electron chi connectivity index (χ1n) is 6.31. The molecule has 0 spiro atoms. The highest BCUT2D eigenvalue weighted by atomic mass is 32.1. The van der Waals surface area contributed by atoms with E-state index in [0.29, 0.717) is 12.1 Å². The lowest BCUT2D eigenvalue weighted by Crippen LogP contribution is -2.19. The number of benzene rings is 1. The number of thiophene rings is 1. The van der Waals surface area contributed by atoms with Gasteiger partial charge in [0.2, 0.25) is 0 Å². The van der Waals surface area contributed by atoms with Gasteiger partial charge >= 0.3 is 5.00 Å². The monoisotopic (exact) mass is 305 g/mol. The average molecular weight is 305 g/mol. The second-order valence-electron chi connectivity index (χ2n) is 4.41. The van der Waals surface area contributed by atoms with Crippen LogP contribution in [0.3, 0.4) is 0 Å². The number of anilines is 1. The van der Waals surface area contributed by atoms with Crippen LogP contribution >= 0.6 is 11.3 Å². The van der Waals surface area contributed by atoms with E-state index >= 15 is 0 Å². The minimum Gasteiger partial charge on any atom is -0.380 e.